The average Bonchev–Trinajstić information content (AvgIpc) is 2.94. The molecule has 0 saturated carbocycles. The highest BCUT2D eigenvalue weighted by Gasteiger charge is 2.50. The van der Waals surface area contributed by atoms with Crippen molar-refractivity contribution < 1.29 is 54.1 Å². The Kier molecular flexibility index (Phi) is 7.42. The van der Waals surface area contributed by atoms with Gasteiger partial charge >= 0.3 is 0 Å². The Labute approximate surface area is 234 Å². The zero-order valence-corrected chi connectivity index (χ0v) is 22.5. The summed E-state index contributed by atoms with van der Waals surface area (Å²) in [6, 6.07) is 3.81. The smallest absolute Gasteiger partial charge is 0.202 e. The van der Waals surface area contributed by atoms with E-state index in [4.69, 9.17) is 14.2 Å². The highest BCUT2D eigenvalue weighted by Crippen LogP contribution is 2.52. The number of aliphatic hydroxyl groups is 3. The van der Waals surface area contributed by atoms with Crippen molar-refractivity contribution in [2.45, 2.75) is 62.4 Å². The number of ether oxygens (including phenoxy) is 3. The lowest BCUT2D eigenvalue weighted by Gasteiger charge is -2.42. The number of hydrogen-bond donors (Lipinski definition) is 7. The third kappa shape index (κ3) is 4.29. The first-order chi connectivity index (χ1) is 19.0. The Bertz CT molecular complexity index is 1410. The quantitative estimate of drug-likeness (QED) is 0.159. The van der Waals surface area contributed by atoms with Gasteiger partial charge in [0.15, 0.2) is 17.9 Å². The van der Waals surface area contributed by atoms with Crippen LogP contribution >= 0.6 is 12.8 Å². The number of hydrogen-bond acceptors (Lipinski definition) is 13. The van der Waals surface area contributed by atoms with Crippen molar-refractivity contribution in [2.75, 3.05) is 13.7 Å². The summed E-state index contributed by atoms with van der Waals surface area (Å²) in [5.74, 6) is -3.76. The molecule has 1 heterocycles. The van der Waals surface area contributed by atoms with Gasteiger partial charge in [-0.1, -0.05) is 24.9 Å². The number of rotatable bonds is 6. The summed E-state index contributed by atoms with van der Waals surface area (Å²) in [7, 11) is 1.32. The Balaban J connectivity index is 1.68. The molecule has 3 aliphatic rings. The molecule has 1 aliphatic heterocycles. The molecule has 2 aromatic rings. The van der Waals surface area contributed by atoms with Gasteiger partial charge in [0.1, 0.15) is 29.5 Å². The summed E-state index contributed by atoms with van der Waals surface area (Å²) in [5.41, 5.74) is -3.61. The number of phenols is 2. The highest BCUT2D eigenvalue weighted by atomic mass is 32.1. The minimum atomic E-state index is -2.24. The average molecular weight is 576 g/mol. The van der Waals surface area contributed by atoms with E-state index in [1.807, 2.05) is 0 Å². The fourth-order valence-electron chi connectivity index (χ4n) is 5.84. The van der Waals surface area contributed by atoms with Gasteiger partial charge < -0.3 is 39.7 Å². The van der Waals surface area contributed by atoms with Gasteiger partial charge in [0, 0.05) is 36.0 Å². The van der Waals surface area contributed by atoms with E-state index in [9.17, 15) is 39.9 Å². The van der Waals surface area contributed by atoms with Crippen molar-refractivity contribution in [2.24, 2.45) is 0 Å². The molecule has 12 nitrogen and oxygen atoms in total. The highest BCUT2D eigenvalue weighted by molar-refractivity contribution is 7.78. The summed E-state index contributed by atoms with van der Waals surface area (Å²) in [5, 5.41) is 54.1. The summed E-state index contributed by atoms with van der Waals surface area (Å²) in [6.45, 7) is 0.586. The number of Topliss-reactive ketones (excluding diaryl/α,β-unsaturated/α-hetero) is 1. The molecule has 6 N–H and O–H groups in total. The van der Waals surface area contributed by atoms with Crippen LogP contribution in [0.4, 0.5) is 0 Å². The van der Waals surface area contributed by atoms with E-state index < -0.39 is 95.7 Å². The molecule has 40 heavy (non-hydrogen) atoms. The fourth-order valence-corrected chi connectivity index (χ4v) is 6.10. The third-order valence-electron chi connectivity index (χ3n) is 7.93. The second-order valence-corrected chi connectivity index (χ2v) is 10.5. The maximum Gasteiger partial charge on any atom is 0.202 e. The van der Waals surface area contributed by atoms with Crippen LogP contribution in [0, 0.1) is 0 Å². The molecule has 13 heteroatoms. The molecule has 0 radical (unpaired) electrons. The minimum Gasteiger partial charge on any atom is -0.507 e. The van der Waals surface area contributed by atoms with Crippen molar-refractivity contribution in [3.05, 3.63) is 51.6 Å². The number of nitrogens with one attached hydrogen (secondary N) is 1. The third-order valence-corrected chi connectivity index (χ3v) is 8.26. The van der Waals surface area contributed by atoms with Crippen LogP contribution in [0.2, 0.25) is 0 Å². The molecule has 6 atom stereocenters. The van der Waals surface area contributed by atoms with E-state index >= 15 is 0 Å². The molecule has 0 amide bonds. The molecule has 0 bridgehead atoms. The van der Waals surface area contributed by atoms with Gasteiger partial charge in [0.2, 0.25) is 5.78 Å². The van der Waals surface area contributed by atoms with Gasteiger partial charge in [-0.15, -0.1) is 0 Å². The maximum atomic E-state index is 13.7. The number of ketones is 3. The van der Waals surface area contributed by atoms with Gasteiger partial charge in [-0.05, 0) is 13.0 Å². The van der Waals surface area contributed by atoms with Gasteiger partial charge in [-0.25, -0.2) is 0 Å². The van der Waals surface area contributed by atoms with Gasteiger partial charge in [-0.2, -0.15) is 0 Å². The van der Waals surface area contributed by atoms with E-state index in [0.717, 1.165) is 0 Å². The predicted octanol–water partition coefficient (Wildman–Crippen LogP) is 0.477. The minimum absolute atomic E-state index is 0.0507. The Morgan fingerprint density at radius 3 is 2.52 bits per heavy atom. The van der Waals surface area contributed by atoms with E-state index in [0.29, 0.717) is 0 Å². The topological polar surface area (TPSA) is 192 Å². The van der Waals surface area contributed by atoms with Crippen LogP contribution in [-0.2, 0) is 20.7 Å². The van der Waals surface area contributed by atoms with Gasteiger partial charge in [0.25, 0.3) is 0 Å². The second-order valence-electron chi connectivity index (χ2n) is 10.2. The van der Waals surface area contributed by atoms with E-state index in [2.05, 4.69) is 17.5 Å². The lowest BCUT2D eigenvalue weighted by atomic mass is 9.72. The van der Waals surface area contributed by atoms with Crippen LogP contribution in [0.3, 0.4) is 0 Å². The zero-order chi connectivity index (χ0) is 29.1. The fraction of sp³-hybridized carbons (Fsp3) is 0.444. The van der Waals surface area contributed by atoms with E-state index in [-0.39, 0.29) is 34.4 Å². The SMILES string of the molecule is COc1cccc2c1C(=O)c1c(O)c3c(c(O)c1C2=O)C[C@@](O)(C(=O)CO)C[C@@H]3OC1CC(NS)C(O)C(C)O1. The number of fused-ring (bicyclic) bond motifs is 3. The number of phenolic OH excluding ortho intramolecular Hbond substituents is 2. The first-order valence-electron chi connectivity index (χ1n) is 12.6. The molecule has 214 valence electrons. The normalized spacial score (nSPS) is 29.4. The van der Waals surface area contributed by atoms with Gasteiger partial charge in [0.05, 0.1) is 48.2 Å². The lowest BCUT2D eigenvalue weighted by molar-refractivity contribution is -0.248. The first-order valence-corrected chi connectivity index (χ1v) is 13.0. The van der Waals surface area contributed by atoms with Crippen LogP contribution < -0.4 is 9.46 Å². The van der Waals surface area contributed by atoms with Crippen LogP contribution in [0.25, 0.3) is 0 Å². The standard InChI is InChI=1S/C27H29NO11S/c1-10-22(31)13(28-40)6-17(38-10)39-15-8-27(36,16(30)9-29)7-12-19(15)26(35)21-20(24(12)33)23(32)11-4-3-5-14(37-2)18(11)25(21)34/h3-5,10,13,15,17,22,28-29,31,33,35-36,40H,6-9H2,1-2H3/t10?,13?,15-,17?,22?,27-/m0/s1. The van der Waals surface area contributed by atoms with Crippen LogP contribution in [-0.4, -0.2) is 86.7 Å². The zero-order valence-electron chi connectivity index (χ0n) is 21.6. The predicted molar refractivity (Wildman–Crippen MR) is 140 cm³/mol. The molecule has 4 unspecified atom stereocenters. The lowest BCUT2D eigenvalue weighted by Crippen LogP contribution is -2.53. The Morgan fingerprint density at radius 2 is 1.88 bits per heavy atom. The number of aromatic hydroxyl groups is 2. The molecule has 2 aliphatic carbocycles. The Hall–Kier alpha value is -3.04. The summed E-state index contributed by atoms with van der Waals surface area (Å²) >= 11 is 4.04. The Morgan fingerprint density at radius 1 is 1.18 bits per heavy atom. The first kappa shape index (κ1) is 28.5. The van der Waals surface area contributed by atoms with Crippen LogP contribution in [0.1, 0.15) is 68.8 Å². The molecular formula is C27H29NO11S. The number of benzene rings is 2. The van der Waals surface area contributed by atoms with Crippen molar-refractivity contribution >= 4 is 30.2 Å². The van der Waals surface area contributed by atoms with Crippen LogP contribution in [0.15, 0.2) is 18.2 Å². The number of methoxy groups -OCH3 is 1. The number of thiol groups is 1. The number of carbonyl (C=O) groups is 3. The number of aliphatic hydroxyl groups excluding tert-OH is 2. The van der Waals surface area contributed by atoms with Crippen molar-refractivity contribution in [3.8, 4) is 17.2 Å². The molecular weight excluding hydrogens is 546 g/mol. The van der Waals surface area contributed by atoms with E-state index in [1.54, 1.807) is 6.92 Å². The second kappa shape index (κ2) is 10.4. The van der Waals surface area contributed by atoms with E-state index in [1.165, 1.54) is 25.3 Å². The monoisotopic (exact) mass is 575 g/mol. The molecule has 1 saturated heterocycles. The molecule has 0 aromatic heterocycles. The molecule has 0 spiro atoms. The molecule has 2 aromatic carbocycles. The summed E-state index contributed by atoms with van der Waals surface area (Å²) in [4.78, 5) is 39.9. The summed E-state index contributed by atoms with van der Waals surface area (Å²) < 4.78 is 19.8. The number of carbonyl (C=O) groups excluding carboxylic acids is 3. The van der Waals surface area contributed by atoms with Crippen molar-refractivity contribution in [1.29, 1.82) is 0 Å². The van der Waals surface area contributed by atoms with Crippen molar-refractivity contribution in [3.63, 3.8) is 0 Å². The molecule has 5 rings (SSSR count). The summed E-state index contributed by atoms with van der Waals surface area (Å²) in [6.07, 6.45) is -4.97. The maximum absolute atomic E-state index is 13.7. The molecule has 1 fully saturated rings. The van der Waals surface area contributed by atoms with Crippen molar-refractivity contribution in [1.82, 2.24) is 4.72 Å². The van der Waals surface area contributed by atoms with Crippen LogP contribution in [0.5, 0.6) is 17.2 Å². The van der Waals surface area contributed by atoms with Gasteiger partial charge in [-0.3, -0.25) is 19.1 Å². The largest absolute Gasteiger partial charge is 0.507 e.